The van der Waals surface area contributed by atoms with Crippen molar-refractivity contribution in [3.63, 3.8) is 0 Å². The van der Waals surface area contributed by atoms with Crippen molar-refractivity contribution in [2.75, 3.05) is 39.3 Å². The van der Waals surface area contributed by atoms with Gasteiger partial charge in [-0.1, -0.05) is 36.4 Å². The molecule has 0 aliphatic heterocycles. The number of rotatable bonds is 9. The van der Waals surface area contributed by atoms with Crippen LogP contribution in [0.4, 0.5) is 5.69 Å². The molecule has 0 aliphatic rings. The standard InChI is InChI=1S/C19H26N2O2/c1-21(15-16-7-5-4-6-8-16)18-10-9-17(13-19(18)23-3)14-20-11-12-22-2/h4-10,13,20H,11-12,14-15H2,1-3H3. The van der Waals surface area contributed by atoms with Crippen LogP contribution in [0.5, 0.6) is 5.75 Å². The minimum Gasteiger partial charge on any atom is -0.495 e. The van der Waals surface area contributed by atoms with Crippen LogP contribution < -0.4 is 15.0 Å². The number of nitrogens with one attached hydrogen (secondary N) is 1. The molecule has 2 aromatic carbocycles. The Kier molecular flexibility index (Phi) is 6.91. The molecule has 0 atom stereocenters. The minimum atomic E-state index is 0.717. The van der Waals surface area contributed by atoms with Gasteiger partial charge in [0.05, 0.1) is 19.4 Å². The predicted molar refractivity (Wildman–Crippen MR) is 95.1 cm³/mol. The van der Waals surface area contributed by atoms with Crippen LogP contribution in [0, 0.1) is 0 Å². The maximum absolute atomic E-state index is 5.58. The Balaban J connectivity index is 2.03. The second-order valence-electron chi connectivity index (χ2n) is 5.52. The van der Waals surface area contributed by atoms with Crippen molar-refractivity contribution in [2.45, 2.75) is 13.1 Å². The molecule has 0 aliphatic carbocycles. The SMILES string of the molecule is COCCNCc1ccc(N(C)Cc2ccccc2)c(OC)c1. The van der Waals surface area contributed by atoms with Gasteiger partial charge in [-0.05, 0) is 23.3 Å². The molecule has 4 nitrogen and oxygen atoms in total. The van der Waals surface area contributed by atoms with Gasteiger partial charge < -0.3 is 19.7 Å². The highest BCUT2D eigenvalue weighted by Crippen LogP contribution is 2.29. The van der Waals surface area contributed by atoms with E-state index >= 15 is 0 Å². The lowest BCUT2D eigenvalue weighted by Gasteiger charge is -2.22. The van der Waals surface area contributed by atoms with Crippen molar-refractivity contribution in [1.29, 1.82) is 0 Å². The van der Waals surface area contributed by atoms with Gasteiger partial charge in [-0.15, -0.1) is 0 Å². The van der Waals surface area contributed by atoms with E-state index in [-0.39, 0.29) is 0 Å². The molecule has 0 heterocycles. The molecule has 4 heteroatoms. The van der Waals surface area contributed by atoms with Crippen LogP contribution in [0.2, 0.25) is 0 Å². The van der Waals surface area contributed by atoms with Crippen LogP contribution in [0.25, 0.3) is 0 Å². The topological polar surface area (TPSA) is 33.7 Å². The second kappa shape index (κ2) is 9.18. The molecule has 0 spiro atoms. The average Bonchev–Trinajstić information content (AvgIpc) is 2.59. The molecule has 0 fully saturated rings. The molecule has 1 N–H and O–H groups in total. The summed E-state index contributed by atoms with van der Waals surface area (Å²) in [4.78, 5) is 2.20. The summed E-state index contributed by atoms with van der Waals surface area (Å²) in [5, 5.41) is 3.35. The van der Waals surface area contributed by atoms with Crippen molar-refractivity contribution in [2.24, 2.45) is 0 Å². The van der Waals surface area contributed by atoms with E-state index in [1.54, 1.807) is 14.2 Å². The molecular formula is C19H26N2O2. The lowest BCUT2D eigenvalue weighted by Crippen LogP contribution is -2.19. The Morgan fingerprint density at radius 1 is 1.00 bits per heavy atom. The van der Waals surface area contributed by atoms with Crippen LogP contribution in [-0.2, 0) is 17.8 Å². The van der Waals surface area contributed by atoms with Gasteiger partial charge in [-0.2, -0.15) is 0 Å². The lowest BCUT2D eigenvalue weighted by atomic mass is 10.1. The molecule has 2 aromatic rings. The van der Waals surface area contributed by atoms with Crippen molar-refractivity contribution in [3.05, 3.63) is 59.7 Å². The minimum absolute atomic E-state index is 0.717. The van der Waals surface area contributed by atoms with Crippen LogP contribution in [0.15, 0.2) is 48.5 Å². The maximum atomic E-state index is 5.58. The van der Waals surface area contributed by atoms with Crippen molar-refractivity contribution >= 4 is 5.69 Å². The second-order valence-corrected chi connectivity index (χ2v) is 5.52. The van der Waals surface area contributed by atoms with E-state index in [4.69, 9.17) is 9.47 Å². The van der Waals surface area contributed by atoms with E-state index in [1.807, 2.05) is 6.07 Å². The number of hydrogen-bond acceptors (Lipinski definition) is 4. The zero-order valence-corrected chi connectivity index (χ0v) is 14.2. The summed E-state index contributed by atoms with van der Waals surface area (Å²) in [5.74, 6) is 0.898. The third kappa shape index (κ3) is 5.27. The summed E-state index contributed by atoms with van der Waals surface area (Å²) in [6, 6.07) is 16.8. The van der Waals surface area contributed by atoms with Gasteiger partial charge in [-0.25, -0.2) is 0 Å². The Bertz CT molecular complexity index is 587. The van der Waals surface area contributed by atoms with Gasteiger partial charge in [0.1, 0.15) is 5.75 Å². The van der Waals surface area contributed by atoms with Crippen LogP contribution in [-0.4, -0.2) is 34.4 Å². The van der Waals surface area contributed by atoms with E-state index in [9.17, 15) is 0 Å². The third-order valence-corrected chi connectivity index (χ3v) is 3.73. The zero-order valence-electron chi connectivity index (χ0n) is 14.2. The van der Waals surface area contributed by atoms with Gasteiger partial charge in [-0.3, -0.25) is 0 Å². The monoisotopic (exact) mass is 314 g/mol. The van der Waals surface area contributed by atoms with E-state index in [0.717, 1.165) is 37.7 Å². The van der Waals surface area contributed by atoms with Gasteiger partial charge in [0, 0.05) is 33.8 Å². The zero-order chi connectivity index (χ0) is 16.5. The first-order valence-electron chi connectivity index (χ1n) is 7.86. The molecule has 0 aromatic heterocycles. The molecule has 0 saturated carbocycles. The summed E-state index contributed by atoms with van der Waals surface area (Å²) in [6.45, 7) is 3.22. The average molecular weight is 314 g/mol. The van der Waals surface area contributed by atoms with Crippen molar-refractivity contribution in [1.82, 2.24) is 5.32 Å². The van der Waals surface area contributed by atoms with Gasteiger partial charge in [0.2, 0.25) is 0 Å². The summed E-state index contributed by atoms with van der Waals surface area (Å²) in [5.41, 5.74) is 3.58. The predicted octanol–water partition coefficient (Wildman–Crippen LogP) is 3.07. The first-order valence-corrected chi connectivity index (χ1v) is 7.86. The molecule has 0 bridgehead atoms. The van der Waals surface area contributed by atoms with Crippen molar-refractivity contribution in [3.8, 4) is 5.75 Å². The largest absolute Gasteiger partial charge is 0.495 e. The Hall–Kier alpha value is -2.04. The fourth-order valence-electron chi connectivity index (χ4n) is 2.50. The smallest absolute Gasteiger partial charge is 0.142 e. The molecule has 124 valence electrons. The molecule has 23 heavy (non-hydrogen) atoms. The maximum Gasteiger partial charge on any atom is 0.142 e. The number of methoxy groups -OCH3 is 2. The number of hydrogen-bond donors (Lipinski definition) is 1. The summed E-state index contributed by atoms with van der Waals surface area (Å²) < 4.78 is 10.6. The van der Waals surface area contributed by atoms with Crippen LogP contribution in [0.3, 0.4) is 0 Å². The van der Waals surface area contributed by atoms with Crippen LogP contribution in [0.1, 0.15) is 11.1 Å². The lowest BCUT2D eigenvalue weighted by molar-refractivity contribution is 0.199. The first kappa shape index (κ1) is 17.3. The molecule has 0 saturated heterocycles. The number of ether oxygens (including phenoxy) is 2. The van der Waals surface area contributed by atoms with E-state index in [0.29, 0.717) is 0 Å². The van der Waals surface area contributed by atoms with E-state index < -0.39 is 0 Å². The molecule has 2 rings (SSSR count). The summed E-state index contributed by atoms with van der Waals surface area (Å²) in [7, 11) is 5.51. The normalized spacial score (nSPS) is 10.6. The quantitative estimate of drug-likeness (QED) is 0.721. The molecular weight excluding hydrogens is 288 g/mol. The highest BCUT2D eigenvalue weighted by atomic mass is 16.5. The highest BCUT2D eigenvalue weighted by Gasteiger charge is 2.09. The van der Waals surface area contributed by atoms with E-state index in [2.05, 4.69) is 59.7 Å². The fraction of sp³-hybridized carbons (Fsp3) is 0.368. The van der Waals surface area contributed by atoms with Crippen LogP contribution >= 0.6 is 0 Å². The summed E-state index contributed by atoms with van der Waals surface area (Å²) >= 11 is 0. The Morgan fingerprint density at radius 3 is 2.48 bits per heavy atom. The highest BCUT2D eigenvalue weighted by molar-refractivity contribution is 5.59. The Labute approximate surface area is 139 Å². The van der Waals surface area contributed by atoms with E-state index in [1.165, 1.54) is 11.1 Å². The first-order chi connectivity index (χ1) is 11.2. The fourth-order valence-corrected chi connectivity index (χ4v) is 2.50. The molecule has 0 unspecified atom stereocenters. The summed E-state index contributed by atoms with van der Waals surface area (Å²) in [6.07, 6.45) is 0. The van der Waals surface area contributed by atoms with Crippen molar-refractivity contribution < 1.29 is 9.47 Å². The Morgan fingerprint density at radius 2 is 1.78 bits per heavy atom. The molecule has 0 amide bonds. The number of nitrogens with zero attached hydrogens (tertiary/aromatic N) is 1. The molecule has 0 radical (unpaired) electrons. The number of benzene rings is 2. The van der Waals surface area contributed by atoms with Gasteiger partial charge >= 0.3 is 0 Å². The number of anilines is 1. The third-order valence-electron chi connectivity index (χ3n) is 3.73. The van der Waals surface area contributed by atoms with Gasteiger partial charge in [0.15, 0.2) is 0 Å². The van der Waals surface area contributed by atoms with Gasteiger partial charge in [0.25, 0.3) is 0 Å².